The zero-order chi connectivity index (χ0) is 15.6. The summed E-state index contributed by atoms with van der Waals surface area (Å²) in [6.45, 7) is 1.77. The molecule has 1 aliphatic rings. The summed E-state index contributed by atoms with van der Waals surface area (Å²) in [7, 11) is 1.44. The summed E-state index contributed by atoms with van der Waals surface area (Å²) in [5.41, 5.74) is -0.108. The van der Waals surface area contributed by atoms with Crippen LogP contribution in [-0.2, 0) is 12.1 Å². The average Bonchev–Trinajstić information content (AvgIpc) is 2.91. The van der Waals surface area contributed by atoms with Gasteiger partial charge in [0.1, 0.15) is 17.6 Å². The maximum absolute atomic E-state index is 11.7. The van der Waals surface area contributed by atoms with E-state index >= 15 is 0 Å². The summed E-state index contributed by atoms with van der Waals surface area (Å²) < 4.78 is 10.3. The SMILES string of the molecule is COc1coc(CN2CCC(O)(c3ccccc3)C2)cc1=O. The Hall–Kier alpha value is -2.11. The Kier molecular flexibility index (Phi) is 4.00. The first-order valence-corrected chi connectivity index (χ1v) is 7.27. The number of nitrogens with zero attached hydrogens (tertiary/aromatic N) is 1. The van der Waals surface area contributed by atoms with Crippen LogP contribution in [0.3, 0.4) is 0 Å². The summed E-state index contributed by atoms with van der Waals surface area (Å²) in [4.78, 5) is 13.8. The molecule has 1 unspecified atom stereocenters. The lowest BCUT2D eigenvalue weighted by atomic mass is 9.93. The number of aliphatic hydroxyl groups is 1. The molecule has 1 aromatic carbocycles. The molecule has 5 nitrogen and oxygen atoms in total. The fraction of sp³-hybridized carbons (Fsp3) is 0.353. The zero-order valence-corrected chi connectivity index (χ0v) is 12.5. The zero-order valence-electron chi connectivity index (χ0n) is 12.5. The molecule has 1 atom stereocenters. The number of hydrogen-bond donors (Lipinski definition) is 1. The molecule has 0 spiro atoms. The van der Waals surface area contributed by atoms with Gasteiger partial charge in [0.05, 0.1) is 13.7 Å². The maximum Gasteiger partial charge on any atom is 0.227 e. The van der Waals surface area contributed by atoms with Crippen molar-refractivity contribution in [2.45, 2.75) is 18.6 Å². The molecule has 22 heavy (non-hydrogen) atoms. The lowest BCUT2D eigenvalue weighted by molar-refractivity contribution is 0.0445. The second kappa shape index (κ2) is 5.94. The van der Waals surface area contributed by atoms with Gasteiger partial charge in [0.15, 0.2) is 0 Å². The van der Waals surface area contributed by atoms with Gasteiger partial charge in [-0.1, -0.05) is 30.3 Å². The van der Waals surface area contributed by atoms with Gasteiger partial charge in [0, 0.05) is 19.2 Å². The highest BCUT2D eigenvalue weighted by molar-refractivity contribution is 5.24. The lowest BCUT2D eigenvalue weighted by Gasteiger charge is -2.23. The Morgan fingerprint density at radius 2 is 2.14 bits per heavy atom. The van der Waals surface area contributed by atoms with Gasteiger partial charge in [-0.2, -0.15) is 0 Å². The second-order valence-corrected chi connectivity index (χ2v) is 5.64. The van der Waals surface area contributed by atoms with Crippen LogP contribution in [0.25, 0.3) is 0 Å². The number of ether oxygens (including phenoxy) is 1. The molecule has 0 saturated carbocycles. The topological polar surface area (TPSA) is 62.9 Å². The van der Waals surface area contributed by atoms with Crippen LogP contribution < -0.4 is 10.2 Å². The summed E-state index contributed by atoms with van der Waals surface area (Å²) in [5.74, 6) is 0.772. The highest BCUT2D eigenvalue weighted by Gasteiger charge is 2.37. The quantitative estimate of drug-likeness (QED) is 0.932. The van der Waals surface area contributed by atoms with Gasteiger partial charge in [0.2, 0.25) is 11.2 Å². The Morgan fingerprint density at radius 3 is 2.82 bits per heavy atom. The molecule has 3 rings (SSSR count). The maximum atomic E-state index is 11.7. The molecular formula is C17H19NO4. The molecule has 0 aliphatic carbocycles. The van der Waals surface area contributed by atoms with Crippen molar-refractivity contribution < 1.29 is 14.3 Å². The first kappa shape index (κ1) is 14.8. The van der Waals surface area contributed by atoms with Crippen LogP contribution in [0.15, 0.2) is 51.9 Å². The summed E-state index contributed by atoms with van der Waals surface area (Å²) in [6, 6.07) is 11.1. The van der Waals surface area contributed by atoms with Crippen LogP contribution in [0, 0.1) is 0 Å². The van der Waals surface area contributed by atoms with Crippen molar-refractivity contribution in [2.75, 3.05) is 20.2 Å². The van der Waals surface area contributed by atoms with Gasteiger partial charge in [-0.15, -0.1) is 0 Å². The van der Waals surface area contributed by atoms with Gasteiger partial charge in [0.25, 0.3) is 0 Å². The van der Waals surface area contributed by atoms with E-state index in [1.165, 1.54) is 19.4 Å². The Balaban J connectivity index is 1.71. The van der Waals surface area contributed by atoms with Crippen molar-refractivity contribution in [1.29, 1.82) is 0 Å². The van der Waals surface area contributed by atoms with E-state index in [0.29, 0.717) is 25.3 Å². The first-order chi connectivity index (χ1) is 10.6. The van der Waals surface area contributed by atoms with Gasteiger partial charge < -0.3 is 14.3 Å². The molecule has 116 valence electrons. The summed E-state index contributed by atoms with van der Waals surface area (Å²) in [5, 5.41) is 10.8. The summed E-state index contributed by atoms with van der Waals surface area (Å²) in [6.07, 6.45) is 1.99. The predicted molar refractivity (Wildman–Crippen MR) is 81.8 cm³/mol. The molecule has 1 fully saturated rings. The normalized spacial score (nSPS) is 21.9. The molecule has 5 heteroatoms. The number of methoxy groups -OCH3 is 1. The van der Waals surface area contributed by atoms with Crippen molar-refractivity contribution >= 4 is 0 Å². The number of hydrogen-bond acceptors (Lipinski definition) is 5. The number of benzene rings is 1. The first-order valence-electron chi connectivity index (χ1n) is 7.27. The molecule has 2 heterocycles. The van der Waals surface area contributed by atoms with Crippen molar-refractivity contribution in [1.82, 2.24) is 4.90 Å². The minimum atomic E-state index is -0.839. The lowest BCUT2D eigenvalue weighted by Crippen LogP contribution is -2.30. The van der Waals surface area contributed by atoms with Crippen LogP contribution in [-0.4, -0.2) is 30.2 Å². The van der Waals surface area contributed by atoms with Crippen LogP contribution in [0.5, 0.6) is 5.75 Å². The van der Waals surface area contributed by atoms with Gasteiger partial charge in [-0.05, 0) is 12.0 Å². The van der Waals surface area contributed by atoms with E-state index in [1.54, 1.807) is 0 Å². The van der Waals surface area contributed by atoms with Crippen LogP contribution in [0.4, 0.5) is 0 Å². The predicted octanol–water partition coefficient (Wildman–Crippen LogP) is 1.74. The third-order valence-corrected chi connectivity index (χ3v) is 4.09. The van der Waals surface area contributed by atoms with Gasteiger partial charge >= 0.3 is 0 Å². The van der Waals surface area contributed by atoms with Crippen LogP contribution in [0.1, 0.15) is 17.7 Å². The molecular weight excluding hydrogens is 282 g/mol. The molecule has 1 saturated heterocycles. The Labute approximate surface area is 128 Å². The third kappa shape index (κ3) is 2.91. The Morgan fingerprint density at radius 1 is 1.36 bits per heavy atom. The highest BCUT2D eigenvalue weighted by Crippen LogP contribution is 2.32. The van der Waals surface area contributed by atoms with E-state index in [1.807, 2.05) is 30.3 Å². The molecule has 1 aliphatic heterocycles. The van der Waals surface area contributed by atoms with Gasteiger partial charge in [-0.25, -0.2) is 0 Å². The van der Waals surface area contributed by atoms with E-state index in [2.05, 4.69) is 4.90 Å². The van der Waals surface area contributed by atoms with E-state index in [4.69, 9.17) is 9.15 Å². The molecule has 0 amide bonds. The molecule has 2 aromatic rings. The molecule has 0 radical (unpaired) electrons. The van der Waals surface area contributed by atoms with Crippen LogP contribution >= 0.6 is 0 Å². The third-order valence-electron chi connectivity index (χ3n) is 4.09. The number of likely N-dealkylation sites (tertiary alicyclic amines) is 1. The molecule has 1 N–H and O–H groups in total. The second-order valence-electron chi connectivity index (χ2n) is 5.64. The minimum absolute atomic E-state index is 0.193. The Bertz CT molecular complexity index is 697. The van der Waals surface area contributed by atoms with E-state index in [-0.39, 0.29) is 11.2 Å². The molecule has 0 bridgehead atoms. The standard InChI is InChI=1S/C17H19NO4/c1-21-16-11-22-14(9-15(16)19)10-18-8-7-17(20,12-18)13-5-3-2-4-6-13/h2-6,9,11,20H,7-8,10,12H2,1H3. The van der Waals surface area contributed by atoms with Gasteiger partial charge in [-0.3, -0.25) is 9.69 Å². The van der Waals surface area contributed by atoms with Crippen molar-refractivity contribution in [3.8, 4) is 5.75 Å². The average molecular weight is 301 g/mol. The number of rotatable bonds is 4. The molecule has 1 aromatic heterocycles. The fourth-order valence-electron chi connectivity index (χ4n) is 2.88. The van der Waals surface area contributed by atoms with E-state index in [9.17, 15) is 9.90 Å². The monoisotopic (exact) mass is 301 g/mol. The summed E-state index contributed by atoms with van der Waals surface area (Å²) >= 11 is 0. The minimum Gasteiger partial charge on any atom is -0.490 e. The van der Waals surface area contributed by atoms with Crippen molar-refractivity contribution in [3.05, 3.63) is 64.2 Å². The highest BCUT2D eigenvalue weighted by atomic mass is 16.5. The van der Waals surface area contributed by atoms with Crippen molar-refractivity contribution in [2.24, 2.45) is 0 Å². The van der Waals surface area contributed by atoms with Crippen LogP contribution in [0.2, 0.25) is 0 Å². The van der Waals surface area contributed by atoms with E-state index in [0.717, 1.165) is 12.1 Å². The number of β-amino-alcohol motifs (C(OH)–C–C–N with tert-alkyl or cyclic N) is 1. The van der Waals surface area contributed by atoms with E-state index < -0.39 is 5.60 Å². The fourth-order valence-corrected chi connectivity index (χ4v) is 2.88. The smallest absolute Gasteiger partial charge is 0.227 e. The largest absolute Gasteiger partial charge is 0.490 e. The van der Waals surface area contributed by atoms with Crippen molar-refractivity contribution in [3.63, 3.8) is 0 Å².